The van der Waals surface area contributed by atoms with Crippen molar-refractivity contribution in [2.75, 3.05) is 66.0 Å². The van der Waals surface area contributed by atoms with Gasteiger partial charge in [-0.2, -0.15) is 0 Å². The molecule has 176 valence electrons. The number of amides is 1. The van der Waals surface area contributed by atoms with Gasteiger partial charge in [0.15, 0.2) is 0 Å². The van der Waals surface area contributed by atoms with Crippen LogP contribution in [0.25, 0.3) is 0 Å². The predicted molar refractivity (Wildman–Crippen MR) is 114 cm³/mol. The molecule has 0 saturated carbocycles. The van der Waals surface area contributed by atoms with E-state index in [1.165, 1.54) is 0 Å². The van der Waals surface area contributed by atoms with E-state index in [1.807, 2.05) is 37.3 Å². The van der Waals surface area contributed by atoms with Crippen LogP contribution in [0, 0.1) is 0 Å². The summed E-state index contributed by atoms with van der Waals surface area (Å²) in [5.74, 6) is -0.193. The fraction of sp³-hybridized carbons (Fsp3) is 0.636. The first-order chi connectivity index (χ1) is 15.2. The van der Waals surface area contributed by atoms with E-state index < -0.39 is 6.09 Å². The minimum absolute atomic E-state index is 0.193. The molecule has 0 unspecified atom stereocenters. The number of benzene rings is 1. The molecule has 1 aromatic rings. The summed E-state index contributed by atoms with van der Waals surface area (Å²) in [5.41, 5.74) is 0.938. The summed E-state index contributed by atoms with van der Waals surface area (Å²) in [7, 11) is 0. The lowest BCUT2D eigenvalue weighted by Crippen LogP contribution is -2.28. The quantitative estimate of drug-likeness (QED) is 0.258. The highest BCUT2D eigenvalue weighted by Crippen LogP contribution is 2.00. The monoisotopic (exact) mass is 441 g/mol. The lowest BCUT2D eigenvalue weighted by Gasteiger charge is -2.09. The van der Waals surface area contributed by atoms with Crippen LogP contribution in [0.1, 0.15) is 25.3 Å². The molecule has 0 atom stereocenters. The highest BCUT2D eigenvalue weighted by atomic mass is 16.6. The minimum Gasteiger partial charge on any atom is -0.463 e. The van der Waals surface area contributed by atoms with Crippen LogP contribution in [0.5, 0.6) is 0 Å². The average molecular weight is 442 g/mol. The van der Waals surface area contributed by atoms with Gasteiger partial charge in [-0.05, 0) is 12.0 Å². The molecule has 1 amide bonds. The number of ether oxygens (including phenoxy) is 6. The van der Waals surface area contributed by atoms with Crippen LogP contribution in [0.4, 0.5) is 4.79 Å². The van der Waals surface area contributed by atoms with Crippen molar-refractivity contribution >= 4 is 12.1 Å². The topological polar surface area (TPSA) is 102 Å². The molecule has 0 radical (unpaired) electrons. The molecular weight excluding hydrogens is 406 g/mol. The Kier molecular flexibility index (Phi) is 17.1. The van der Waals surface area contributed by atoms with Gasteiger partial charge in [-0.3, -0.25) is 4.79 Å². The molecule has 9 heteroatoms. The summed E-state index contributed by atoms with van der Waals surface area (Å²) in [6.45, 7) is 6.25. The van der Waals surface area contributed by atoms with Gasteiger partial charge < -0.3 is 33.7 Å². The molecule has 0 heterocycles. The molecule has 0 aromatic heterocycles. The number of nitrogens with one attached hydrogen (secondary N) is 1. The van der Waals surface area contributed by atoms with Crippen LogP contribution in [0.2, 0.25) is 0 Å². The second-order valence-electron chi connectivity index (χ2n) is 6.41. The van der Waals surface area contributed by atoms with Crippen molar-refractivity contribution in [2.45, 2.75) is 26.4 Å². The van der Waals surface area contributed by atoms with Gasteiger partial charge in [0.1, 0.15) is 13.2 Å². The van der Waals surface area contributed by atoms with E-state index in [4.69, 9.17) is 28.4 Å². The van der Waals surface area contributed by atoms with E-state index >= 15 is 0 Å². The Labute approximate surface area is 184 Å². The maximum Gasteiger partial charge on any atom is 0.407 e. The van der Waals surface area contributed by atoms with Crippen LogP contribution in [-0.2, 0) is 39.8 Å². The Morgan fingerprint density at radius 3 is 1.87 bits per heavy atom. The number of rotatable bonds is 19. The first-order valence-electron chi connectivity index (χ1n) is 10.6. The van der Waals surface area contributed by atoms with Crippen LogP contribution in [0.15, 0.2) is 30.3 Å². The lowest BCUT2D eigenvalue weighted by molar-refractivity contribution is -0.145. The molecule has 1 aromatic carbocycles. The van der Waals surface area contributed by atoms with Crippen molar-refractivity contribution in [2.24, 2.45) is 0 Å². The van der Waals surface area contributed by atoms with E-state index in [-0.39, 0.29) is 19.2 Å². The van der Waals surface area contributed by atoms with Crippen molar-refractivity contribution in [3.63, 3.8) is 0 Å². The Bertz CT molecular complexity index is 570. The van der Waals surface area contributed by atoms with Crippen LogP contribution >= 0.6 is 0 Å². The zero-order valence-electron chi connectivity index (χ0n) is 18.3. The van der Waals surface area contributed by atoms with Crippen molar-refractivity contribution in [1.29, 1.82) is 0 Å². The summed E-state index contributed by atoms with van der Waals surface area (Å²) >= 11 is 0. The molecular formula is C22H35NO8. The summed E-state index contributed by atoms with van der Waals surface area (Å²) in [6.07, 6.45) is 0.752. The van der Waals surface area contributed by atoms with Crippen molar-refractivity contribution in [1.82, 2.24) is 5.32 Å². The standard InChI is InChI=1S/C22H35NO8/c1-2-6-21(24)30-18-17-29-16-15-28-14-13-27-12-11-26-10-9-23-22(25)31-19-20-7-4-3-5-8-20/h3-5,7-8H,2,6,9-19H2,1H3,(H,23,25). The van der Waals surface area contributed by atoms with Crippen molar-refractivity contribution < 1.29 is 38.0 Å². The smallest absolute Gasteiger partial charge is 0.407 e. The number of hydrogen-bond acceptors (Lipinski definition) is 8. The molecule has 0 saturated heterocycles. The molecule has 0 fully saturated rings. The molecule has 0 bridgehead atoms. The van der Waals surface area contributed by atoms with Gasteiger partial charge in [-0.1, -0.05) is 37.3 Å². The molecule has 0 spiro atoms. The van der Waals surface area contributed by atoms with Gasteiger partial charge >= 0.3 is 12.1 Å². The fourth-order valence-electron chi connectivity index (χ4n) is 2.25. The van der Waals surface area contributed by atoms with Gasteiger partial charge in [-0.15, -0.1) is 0 Å². The van der Waals surface area contributed by atoms with Crippen LogP contribution in [-0.4, -0.2) is 78.1 Å². The van der Waals surface area contributed by atoms with E-state index in [0.717, 1.165) is 12.0 Å². The molecule has 1 N–H and O–H groups in total. The van der Waals surface area contributed by atoms with Crippen molar-refractivity contribution in [3.8, 4) is 0 Å². The van der Waals surface area contributed by atoms with Gasteiger partial charge in [0.25, 0.3) is 0 Å². The maximum absolute atomic E-state index is 11.5. The summed E-state index contributed by atoms with van der Waals surface area (Å²) in [6, 6.07) is 9.49. The molecule has 1 rings (SSSR count). The zero-order chi connectivity index (χ0) is 22.4. The fourth-order valence-corrected chi connectivity index (χ4v) is 2.25. The molecule has 9 nitrogen and oxygen atoms in total. The molecule has 0 aliphatic heterocycles. The third-order valence-corrected chi connectivity index (χ3v) is 3.79. The average Bonchev–Trinajstić information content (AvgIpc) is 2.78. The van der Waals surface area contributed by atoms with E-state index in [9.17, 15) is 9.59 Å². The van der Waals surface area contributed by atoms with Crippen molar-refractivity contribution in [3.05, 3.63) is 35.9 Å². The van der Waals surface area contributed by atoms with Gasteiger partial charge in [0.05, 0.1) is 52.9 Å². The first kappa shape index (κ1) is 26.8. The zero-order valence-corrected chi connectivity index (χ0v) is 18.3. The molecule has 31 heavy (non-hydrogen) atoms. The number of carbonyl (C=O) groups excluding carboxylic acids is 2. The van der Waals surface area contributed by atoms with E-state index in [0.29, 0.717) is 65.8 Å². The first-order valence-corrected chi connectivity index (χ1v) is 10.6. The minimum atomic E-state index is -0.470. The Morgan fingerprint density at radius 2 is 1.29 bits per heavy atom. The normalized spacial score (nSPS) is 10.6. The molecule has 0 aliphatic carbocycles. The van der Waals surface area contributed by atoms with Crippen LogP contribution in [0.3, 0.4) is 0 Å². The Hall–Kier alpha value is -2.20. The number of alkyl carbamates (subject to hydrolysis) is 1. The van der Waals surface area contributed by atoms with E-state index in [2.05, 4.69) is 5.32 Å². The number of hydrogen-bond donors (Lipinski definition) is 1. The second kappa shape index (κ2) is 19.7. The summed E-state index contributed by atoms with van der Waals surface area (Å²) in [5, 5.41) is 2.62. The third-order valence-electron chi connectivity index (χ3n) is 3.79. The second-order valence-corrected chi connectivity index (χ2v) is 6.41. The SMILES string of the molecule is CCCC(=O)OCCOCCOCCOCCOCCNC(=O)OCc1ccccc1. The largest absolute Gasteiger partial charge is 0.463 e. The van der Waals surface area contributed by atoms with Gasteiger partial charge in [-0.25, -0.2) is 4.79 Å². The Balaban J connectivity index is 1.75. The highest BCUT2D eigenvalue weighted by molar-refractivity contribution is 5.69. The highest BCUT2D eigenvalue weighted by Gasteiger charge is 2.02. The lowest BCUT2D eigenvalue weighted by atomic mass is 10.2. The summed E-state index contributed by atoms with van der Waals surface area (Å²) in [4.78, 5) is 22.7. The third kappa shape index (κ3) is 17.2. The van der Waals surface area contributed by atoms with Gasteiger partial charge in [0.2, 0.25) is 0 Å². The molecule has 0 aliphatic rings. The number of carbonyl (C=O) groups is 2. The predicted octanol–water partition coefficient (Wildman–Crippen LogP) is 2.32. The van der Waals surface area contributed by atoms with Gasteiger partial charge in [0, 0.05) is 13.0 Å². The number of esters is 1. The van der Waals surface area contributed by atoms with Crippen LogP contribution < -0.4 is 5.32 Å². The Morgan fingerprint density at radius 1 is 0.742 bits per heavy atom. The van der Waals surface area contributed by atoms with E-state index in [1.54, 1.807) is 0 Å². The maximum atomic E-state index is 11.5. The summed E-state index contributed by atoms with van der Waals surface area (Å²) < 4.78 is 31.5.